The average Bonchev–Trinajstić information content (AvgIpc) is 3.11. The van der Waals surface area contributed by atoms with Crippen LogP contribution in [0, 0.1) is 19.3 Å². The van der Waals surface area contributed by atoms with Gasteiger partial charge in [-0.3, -0.25) is 0 Å². The summed E-state index contributed by atoms with van der Waals surface area (Å²) in [5.41, 5.74) is 10.2. The fraction of sp³-hybridized carbons (Fsp3) is 0.136. The Balaban J connectivity index is 1.60. The maximum absolute atomic E-state index is 7.57. The molecule has 2 aromatic carbocycles. The van der Waals surface area contributed by atoms with Gasteiger partial charge < -0.3 is 15.0 Å². The van der Waals surface area contributed by atoms with Crippen molar-refractivity contribution in [2.75, 3.05) is 12.3 Å². The first-order valence-corrected chi connectivity index (χ1v) is 8.63. The van der Waals surface area contributed by atoms with Crippen LogP contribution in [0.15, 0.2) is 54.9 Å². The smallest absolute Gasteiger partial charge is 0.152 e. The van der Waals surface area contributed by atoms with E-state index in [1.165, 1.54) is 0 Å². The summed E-state index contributed by atoms with van der Waals surface area (Å²) in [6.07, 6.45) is 8.77. The highest BCUT2D eigenvalue weighted by Crippen LogP contribution is 2.27. The van der Waals surface area contributed by atoms with Gasteiger partial charge in [-0.15, -0.1) is 0 Å². The topological polar surface area (TPSA) is 66.0 Å². The summed E-state index contributed by atoms with van der Waals surface area (Å²) in [4.78, 5) is 8.83. The Morgan fingerprint density at radius 3 is 2.78 bits per heavy atom. The number of hydrogen-bond acceptors (Lipinski definition) is 4. The summed E-state index contributed by atoms with van der Waals surface area (Å²) >= 11 is 0. The van der Waals surface area contributed by atoms with Gasteiger partial charge >= 0.3 is 0 Å². The van der Waals surface area contributed by atoms with Gasteiger partial charge in [0.25, 0.3) is 0 Å². The maximum atomic E-state index is 7.57. The zero-order valence-corrected chi connectivity index (χ0v) is 14.7. The zero-order chi connectivity index (χ0) is 18.8. The lowest BCUT2D eigenvalue weighted by Crippen LogP contribution is -2.10. The molecular weight excluding hydrogens is 336 g/mol. The Morgan fingerprint density at radius 2 is 1.96 bits per heavy atom. The van der Waals surface area contributed by atoms with Crippen LogP contribution >= 0.6 is 0 Å². The zero-order valence-electron chi connectivity index (χ0n) is 14.7. The molecule has 5 heteroatoms. The van der Waals surface area contributed by atoms with Gasteiger partial charge in [0.15, 0.2) is 5.82 Å². The van der Waals surface area contributed by atoms with E-state index in [0.29, 0.717) is 24.5 Å². The largest absolute Gasteiger partial charge is 0.382 e. The number of pyridine rings is 1. The van der Waals surface area contributed by atoms with Crippen LogP contribution < -0.4 is 5.73 Å². The Bertz CT molecular complexity index is 1160. The van der Waals surface area contributed by atoms with E-state index < -0.39 is 6.10 Å². The predicted octanol–water partition coefficient (Wildman–Crippen LogP) is 3.70. The van der Waals surface area contributed by atoms with Crippen molar-refractivity contribution < 1.29 is 4.74 Å². The highest BCUT2D eigenvalue weighted by Gasteiger charge is 2.14. The number of aromatic nitrogens is 3. The molecule has 5 nitrogen and oxygen atoms in total. The highest BCUT2D eigenvalue weighted by molar-refractivity contribution is 6.06. The van der Waals surface area contributed by atoms with E-state index in [2.05, 4.69) is 22.8 Å². The van der Waals surface area contributed by atoms with Gasteiger partial charge in [-0.1, -0.05) is 48.4 Å². The minimum absolute atomic E-state index is 0.396. The summed E-state index contributed by atoms with van der Waals surface area (Å²) in [6, 6.07) is 15.5. The molecule has 0 saturated heterocycles. The minimum atomic E-state index is -0.544. The van der Waals surface area contributed by atoms with E-state index in [9.17, 15) is 0 Å². The molecule has 0 fully saturated rings. The van der Waals surface area contributed by atoms with Crippen LogP contribution in [0.25, 0.3) is 21.9 Å². The van der Waals surface area contributed by atoms with Gasteiger partial charge in [-0.2, -0.15) is 0 Å². The normalized spacial score (nSPS) is 12.3. The SMILES string of the molecule is [C]#CC(OCCn1cnc2c(N)nc3ccccc3c21)c1ccccc1[CH2]. The lowest BCUT2D eigenvalue weighted by molar-refractivity contribution is 0.0852. The molecule has 0 amide bonds. The molecule has 2 N–H and O–H groups in total. The van der Waals surface area contributed by atoms with Gasteiger partial charge in [0.1, 0.15) is 11.6 Å². The van der Waals surface area contributed by atoms with Crippen molar-refractivity contribution in [3.05, 3.63) is 79.3 Å². The molecule has 4 aromatic rings. The number of benzene rings is 2. The molecule has 132 valence electrons. The molecule has 2 aromatic heterocycles. The molecule has 0 aliphatic rings. The number of nitrogen functional groups attached to an aromatic ring is 1. The summed E-state index contributed by atoms with van der Waals surface area (Å²) in [6.45, 7) is 4.96. The molecule has 0 spiro atoms. The van der Waals surface area contributed by atoms with Crippen LogP contribution in [-0.2, 0) is 11.3 Å². The van der Waals surface area contributed by atoms with Crippen molar-refractivity contribution >= 4 is 27.8 Å². The number of fused-ring (bicyclic) bond motifs is 3. The standard InChI is InChI=1S/C22H18N4O/c1-3-19(16-9-5-4-8-15(16)2)27-13-12-26-14-24-20-21(26)17-10-6-7-11-18(17)25-22(20)23/h4-11,14,19H,2,12-13H2,(H2,23,25). The Hall–Kier alpha value is -3.36. The van der Waals surface area contributed by atoms with Gasteiger partial charge in [-0.05, 0) is 30.5 Å². The molecule has 2 heterocycles. The van der Waals surface area contributed by atoms with E-state index in [1.54, 1.807) is 6.33 Å². The van der Waals surface area contributed by atoms with Crippen molar-refractivity contribution in [2.45, 2.75) is 12.6 Å². The van der Waals surface area contributed by atoms with E-state index in [0.717, 1.165) is 27.5 Å². The Kier molecular flexibility index (Phi) is 4.49. The number of para-hydroxylation sites is 1. The second-order valence-corrected chi connectivity index (χ2v) is 6.24. The molecule has 1 unspecified atom stereocenters. The second-order valence-electron chi connectivity index (χ2n) is 6.24. The fourth-order valence-electron chi connectivity index (χ4n) is 3.24. The van der Waals surface area contributed by atoms with Gasteiger partial charge in [0.05, 0.1) is 24.0 Å². The van der Waals surface area contributed by atoms with Crippen molar-refractivity contribution in [2.24, 2.45) is 0 Å². The molecule has 0 aliphatic carbocycles. The predicted molar refractivity (Wildman–Crippen MR) is 106 cm³/mol. The van der Waals surface area contributed by atoms with E-state index >= 15 is 0 Å². The molecule has 1 atom stereocenters. The molecule has 0 saturated carbocycles. The van der Waals surface area contributed by atoms with Gasteiger partial charge in [0.2, 0.25) is 0 Å². The van der Waals surface area contributed by atoms with Crippen LogP contribution in [0.5, 0.6) is 0 Å². The quantitative estimate of drug-likeness (QED) is 0.555. The van der Waals surface area contributed by atoms with Gasteiger partial charge in [-0.25, -0.2) is 9.97 Å². The number of imidazole rings is 1. The lowest BCUT2D eigenvalue weighted by Gasteiger charge is -2.15. The summed E-state index contributed by atoms with van der Waals surface area (Å²) < 4.78 is 7.90. The number of rotatable bonds is 5. The van der Waals surface area contributed by atoms with Crippen molar-refractivity contribution in [3.63, 3.8) is 0 Å². The first-order chi connectivity index (χ1) is 13.2. The van der Waals surface area contributed by atoms with Crippen LogP contribution in [0.1, 0.15) is 17.2 Å². The Labute approximate surface area is 157 Å². The number of nitrogens with zero attached hydrogens (tertiary/aromatic N) is 3. The van der Waals surface area contributed by atoms with Crippen molar-refractivity contribution in [1.82, 2.24) is 14.5 Å². The van der Waals surface area contributed by atoms with Crippen molar-refractivity contribution in [1.29, 1.82) is 0 Å². The first kappa shape index (κ1) is 17.1. The number of hydrogen-bond donors (Lipinski definition) is 1. The first-order valence-electron chi connectivity index (χ1n) is 8.63. The summed E-state index contributed by atoms with van der Waals surface area (Å²) in [7, 11) is 0. The molecular formula is C22H18N4O. The average molecular weight is 354 g/mol. The molecule has 2 radical (unpaired) electrons. The van der Waals surface area contributed by atoms with Crippen LogP contribution in [0.4, 0.5) is 5.82 Å². The third kappa shape index (κ3) is 3.12. The monoisotopic (exact) mass is 354 g/mol. The number of ether oxygens (including phenoxy) is 1. The molecule has 0 aliphatic heterocycles. The lowest BCUT2D eigenvalue weighted by atomic mass is 10.0. The Morgan fingerprint density at radius 1 is 1.19 bits per heavy atom. The van der Waals surface area contributed by atoms with Crippen LogP contribution in [-0.4, -0.2) is 21.1 Å². The van der Waals surface area contributed by atoms with Crippen LogP contribution in [0.3, 0.4) is 0 Å². The maximum Gasteiger partial charge on any atom is 0.152 e. The van der Waals surface area contributed by atoms with E-state index in [1.807, 2.05) is 53.1 Å². The number of anilines is 1. The minimum Gasteiger partial charge on any atom is -0.382 e. The number of nitrogens with two attached hydrogens (primary N) is 1. The summed E-state index contributed by atoms with van der Waals surface area (Å²) in [5.74, 6) is 2.86. The van der Waals surface area contributed by atoms with E-state index in [4.69, 9.17) is 16.9 Å². The van der Waals surface area contributed by atoms with Gasteiger partial charge in [0, 0.05) is 11.9 Å². The van der Waals surface area contributed by atoms with E-state index in [-0.39, 0.29) is 0 Å². The second kappa shape index (κ2) is 7.10. The summed E-state index contributed by atoms with van der Waals surface area (Å²) in [5, 5.41) is 0.998. The van der Waals surface area contributed by atoms with Crippen LogP contribution in [0.2, 0.25) is 0 Å². The fourth-order valence-corrected chi connectivity index (χ4v) is 3.24. The highest BCUT2D eigenvalue weighted by atomic mass is 16.5. The third-order valence-electron chi connectivity index (χ3n) is 4.57. The van der Waals surface area contributed by atoms with Crippen molar-refractivity contribution in [3.8, 4) is 5.92 Å². The molecule has 4 rings (SSSR count). The third-order valence-corrected chi connectivity index (χ3v) is 4.57. The molecule has 0 bridgehead atoms. The molecule has 27 heavy (non-hydrogen) atoms.